The summed E-state index contributed by atoms with van der Waals surface area (Å²) in [6.45, 7) is 2.00. The number of benzene rings is 1. The minimum absolute atomic E-state index is 0.754. The molecule has 0 atom stereocenters. The molecular formula is C13H14O2. The molecule has 0 fully saturated rings. The van der Waals surface area contributed by atoms with Gasteiger partial charge in [-0.2, -0.15) is 0 Å². The fourth-order valence-electron chi connectivity index (χ4n) is 1.28. The summed E-state index contributed by atoms with van der Waals surface area (Å²) < 4.78 is 5.16. The maximum absolute atomic E-state index is 10.0. The largest absolute Gasteiger partial charge is 0.496 e. The molecule has 1 aromatic rings. The third-order valence-electron chi connectivity index (χ3n) is 2.01. The molecule has 2 heteroatoms. The lowest BCUT2D eigenvalue weighted by Gasteiger charge is -2.04. The zero-order chi connectivity index (χ0) is 11.1. The number of carbonyl (C=O) groups excluding carboxylic acids is 1. The van der Waals surface area contributed by atoms with E-state index in [9.17, 15) is 4.79 Å². The van der Waals surface area contributed by atoms with Crippen LogP contribution >= 0.6 is 0 Å². The molecular weight excluding hydrogens is 188 g/mol. The Hall–Kier alpha value is -1.83. The van der Waals surface area contributed by atoms with Crippen LogP contribution in [0.2, 0.25) is 0 Å². The predicted octanol–water partition coefficient (Wildman–Crippen LogP) is 2.77. The fourth-order valence-corrected chi connectivity index (χ4v) is 1.28. The highest BCUT2D eigenvalue weighted by molar-refractivity contribution is 5.66. The molecule has 0 radical (unpaired) electrons. The molecule has 0 amide bonds. The Bertz CT molecular complexity index is 390. The van der Waals surface area contributed by atoms with Crippen molar-refractivity contribution < 1.29 is 9.53 Å². The van der Waals surface area contributed by atoms with Gasteiger partial charge in [0.2, 0.25) is 0 Å². The summed E-state index contributed by atoms with van der Waals surface area (Å²) >= 11 is 0. The quantitative estimate of drug-likeness (QED) is 0.426. The predicted molar refractivity (Wildman–Crippen MR) is 62.0 cm³/mol. The molecule has 0 bridgehead atoms. The normalized spacial score (nSPS) is 11.1. The lowest BCUT2D eigenvalue weighted by molar-refractivity contribution is -0.104. The van der Waals surface area contributed by atoms with Gasteiger partial charge in [0, 0.05) is 0 Å². The number of aldehydes is 1. The minimum Gasteiger partial charge on any atom is -0.496 e. The van der Waals surface area contributed by atoms with Crippen molar-refractivity contribution in [2.45, 2.75) is 6.92 Å². The summed E-state index contributed by atoms with van der Waals surface area (Å²) in [7, 11) is 1.66. The second kappa shape index (κ2) is 5.81. The van der Waals surface area contributed by atoms with Crippen molar-refractivity contribution in [3.05, 3.63) is 47.6 Å². The molecule has 1 rings (SSSR count). The average molecular weight is 202 g/mol. The fraction of sp³-hybridized carbons (Fsp3) is 0.154. The van der Waals surface area contributed by atoms with Crippen molar-refractivity contribution in [1.29, 1.82) is 0 Å². The van der Waals surface area contributed by atoms with E-state index >= 15 is 0 Å². The molecule has 0 saturated carbocycles. The van der Waals surface area contributed by atoms with Crippen LogP contribution in [-0.4, -0.2) is 13.4 Å². The van der Waals surface area contributed by atoms with E-state index in [0.29, 0.717) is 0 Å². The lowest BCUT2D eigenvalue weighted by atomic mass is 10.1. The smallest absolute Gasteiger partial charge is 0.142 e. The number of carbonyl (C=O) groups is 1. The van der Waals surface area contributed by atoms with Gasteiger partial charge in [-0.1, -0.05) is 24.3 Å². The number of ether oxygens (including phenoxy) is 1. The molecule has 0 aliphatic carbocycles. The highest BCUT2D eigenvalue weighted by atomic mass is 16.5. The Balaban J connectivity index is 2.79. The molecule has 2 nitrogen and oxygen atoms in total. The zero-order valence-electron chi connectivity index (χ0n) is 8.94. The van der Waals surface area contributed by atoms with Crippen molar-refractivity contribution in [3.63, 3.8) is 0 Å². The number of rotatable bonds is 4. The maximum atomic E-state index is 10.0. The molecule has 1 aromatic carbocycles. The Labute approximate surface area is 89.9 Å². The Morgan fingerprint density at radius 2 is 2.00 bits per heavy atom. The molecule has 0 N–H and O–H groups in total. The molecule has 0 aliphatic heterocycles. The van der Waals surface area contributed by atoms with Gasteiger partial charge in [-0.05, 0) is 36.3 Å². The highest BCUT2D eigenvalue weighted by Gasteiger charge is 1.96. The van der Waals surface area contributed by atoms with Crippen LogP contribution in [0, 0.1) is 6.92 Å². The summed E-state index contributed by atoms with van der Waals surface area (Å²) in [5.41, 5.74) is 2.18. The third-order valence-corrected chi connectivity index (χ3v) is 2.01. The van der Waals surface area contributed by atoms with Crippen molar-refractivity contribution in [2.75, 3.05) is 7.11 Å². The summed E-state index contributed by atoms with van der Waals surface area (Å²) in [6.07, 6.45) is 7.67. The van der Waals surface area contributed by atoms with Crippen LogP contribution in [0.1, 0.15) is 11.1 Å². The second-order valence-electron chi connectivity index (χ2n) is 3.11. The van der Waals surface area contributed by atoms with Crippen LogP contribution < -0.4 is 4.74 Å². The van der Waals surface area contributed by atoms with Gasteiger partial charge in [0.1, 0.15) is 12.0 Å². The van der Waals surface area contributed by atoms with Gasteiger partial charge >= 0.3 is 0 Å². The third kappa shape index (κ3) is 3.43. The molecule has 0 saturated heterocycles. The number of hydrogen-bond donors (Lipinski definition) is 0. The van der Waals surface area contributed by atoms with Gasteiger partial charge in [0.15, 0.2) is 0 Å². The van der Waals surface area contributed by atoms with Gasteiger partial charge in [0.25, 0.3) is 0 Å². The first-order chi connectivity index (χ1) is 7.27. The molecule has 0 aromatic heterocycles. The molecule has 0 heterocycles. The molecule has 0 spiro atoms. The Kier molecular flexibility index (Phi) is 4.35. The number of aryl methyl sites for hydroxylation is 1. The van der Waals surface area contributed by atoms with Gasteiger partial charge in [-0.25, -0.2) is 0 Å². The van der Waals surface area contributed by atoms with Gasteiger partial charge in [0.05, 0.1) is 7.11 Å². The summed E-state index contributed by atoms with van der Waals surface area (Å²) in [5, 5.41) is 0. The van der Waals surface area contributed by atoms with E-state index in [4.69, 9.17) is 4.74 Å². The van der Waals surface area contributed by atoms with Crippen LogP contribution in [-0.2, 0) is 4.79 Å². The van der Waals surface area contributed by atoms with E-state index in [0.717, 1.165) is 23.2 Å². The highest BCUT2D eigenvalue weighted by Crippen LogP contribution is 2.18. The molecule has 0 unspecified atom stereocenters. The van der Waals surface area contributed by atoms with E-state index < -0.39 is 0 Å². The maximum Gasteiger partial charge on any atom is 0.142 e. The van der Waals surface area contributed by atoms with Crippen molar-refractivity contribution in [1.82, 2.24) is 0 Å². The lowest BCUT2D eigenvalue weighted by Crippen LogP contribution is -1.86. The SMILES string of the molecule is COc1ccc(C=CC=CC=O)cc1C. The number of allylic oxidation sites excluding steroid dienone is 3. The first-order valence-electron chi connectivity index (χ1n) is 4.71. The standard InChI is InChI=1S/C13H14O2/c1-11-10-12(6-4-3-5-9-14)7-8-13(11)15-2/h3-10H,1-2H3. The van der Waals surface area contributed by atoms with Gasteiger partial charge in [-0.3, -0.25) is 4.79 Å². The van der Waals surface area contributed by atoms with E-state index in [-0.39, 0.29) is 0 Å². The molecule has 78 valence electrons. The van der Waals surface area contributed by atoms with Crippen LogP contribution in [0.3, 0.4) is 0 Å². The number of hydrogen-bond acceptors (Lipinski definition) is 2. The van der Waals surface area contributed by atoms with Crippen LogP contribution in [0.4, 0.5) is 0 Å². The number of methoxy groups -OCH3 is 1. The Morgan fingerprint density at radius 1 is 1.20 bits per heavy atom. The first-order valence-corrected chi connectivity index (χ1v) is 4.71. The van der Waals surface area contributed by atoms with E-state index in [1.807, 2.05) is 37.3 Å². The minimum atomic E-state index is 0.754. The van der Waals surface area contributed by atoms with Crippen molar-refractivity contribution in [3.8, 4) is 5.75 Å². The van der Waals surface area contributed by atoms with Crippen molar-refractivity contribution >= 4 is 12.4 Å². The summed E-state index contributed by atoms with van der Waals surface area (Å²) in [4.78, 5) is 10.0. The molecule has 15 heavy (non-hydrogen) atoms. The topological polar surface area (TPSA) is 26.3 Å². The summed E-state index contributed by atoms with van der Waals surface area (Å²) in [6, 6.07) is 5.93. The van der Waals surface area contributed by atoms with E-state index in [1.165, 1.54) is 6.08 Å². The first kappa shape index (κ1) is 11.2. The summed E-state index contributed by atoms with van der Waals surface area (Å²) in [5.74, 6) is 0.885. The molecule has 0 aliphatic rings. The van der Waals surface area contributed by atoms with Crippen LogP contribution in [0.25, 0.3) is 6.08 Å². The van der Waals surface area contributed by atoms with Gasteiger partial charge < -0.3 is 4.74 Å². The average Bonchev–Trinajstić information content (AvgIpc) is 2.25. The van der Waals surface area contributed by atoms with E-state index in [1.54, 1.807) is 13.2 Å². The zero-order valence-corrected chi connectivity index (χ0v) is 8.94. The van der Waals surface area contributed by atoms with Crippen molar-refractivity contribution in [2.24, 2.45) is 0 Å². The second-order valence-corrected chi connectivity index (χ2v) is 3.11. The van der Waals surface area contributed by atoms with Crippen LogP contribution in [0.5, 0.6) is 5.75 Å². The monoisotopic (exact) mass is 202 g/mol. The van der Waals surface area contributed by atoms with Gasteiger partial charge in [-0.15, -0.1) is 0 Å². The Morgan fingerprint density at radius 3 is 2.60 bits per heavy atom. The van der Waals surface area contributed by atoms with Crippen LogP contribution in [0.15, 0.2) is 36.4 Å². The van der Waals surface area contributed by atoms with E-state index in [2.05, 4.69) is 0 Å².